The van der Waals surface area contributed by atoms with E-state index in [4.69, 9.17) is 14.2 Å². The van der Waals surface area contributed by atoms with Crippen molar-refractivity contribution in [3.63, 3.8) is 0 Å². The number of ether oxygens (including phenoxy) is 3. The van der Waals surface area contributed by atoms with Crippen LogP contribution in [0.5, 0.6) is 11.5 Å². The molecule has 0 radical (unpaired) electrons. The highest BCUT2D eigenvalue weighted by Crippen LogP contribution is 2.30. The molecule has 0 N–H and O–H groups in total. The van der Waals surface area contributed by atoms with Crippen molar-refractivity contribution in [2.45, 2.75) is 65.9 Å². The molecule has 0 saturated heterocycles. The minimum atomic E-state index is -1.09. The van der Waals surface area contributed by atoms with Gasteiger partial charge in [0.25, 0.3) is 0 Å². The summed E-state index contributed by atoms with van der Waals surface area (Å²) in [6.45, 7) is 13.0. The van der Waals surface area contributed by atoms with Gasteiger partial charge in [0.15, 0.2) is 11.4 Å². The van der Waals surface area contributed by atoms with E-state index in [1.54, 1.807) is 13.8 Å². The molecule has 0 spiro atoms. The van der Waals surface area contributed by atoms with Gasteiger partial charge in [-0.25, -0.2) is 0 Å². The van der Waals surface area contributed by atoms with Gasteiger partial charge >= 0.3 is 5.97 Å². The minimum absolute atomic E-state index is 0.104. The zero-order valence-corrected chi connectivity index (χ0v) is 19.8. The van der Waals surface area contributed by atoms with Gasteiger partial charge in [-0.3, -0.25) is 9.59 Å². The Kier molecular flexibility index (Phi) is 9.06. The van der Waals surface area contributed by atoms with Crippen LogP contribution in [-0.2, 0) is 14.3 Å². The van der Waals surface area contributed by atoms with Crippen molar-refractivity contribution >= 4 is 17.8 Å². The first-order valence-electron chi connectivity index (χ1n) is 10.9. The summed E-state index contributed by atoms with van der Waals surface area (Å²) in [4.78, 5) is 23.4. The topological polar surface area (TPSA) is 61.8 Å². The Morgan fingerprint density at radius 2 is 1.75 bits per heavy atom. The third-order valence-electron chi connectivity index (χ3n) is 5.21. The molecule has 5 nitrogen and oxygen atoms in total. The summed E-state index contributed by atoms with van der Waals surface area (Å²) in [6.07, 6.45) is 11.0. The van der Waals surface area contributed by atoms with E-state index in [9.17, 15) is 9.59 Å². The maximum Gasteiger partial charge on any atom is 0.303 e. The second-order valence-corrected chi connectivity index (χ2v) is 8.60. The predicted octanol–water partition coefficient (Wildman–Crippen LogP) is 6.35. The lowest BCUT2D eigenvalue weighted by atomic mass is 9.98. The quantitative estimate of drug-likeness (QED) is 0.298. The molecule has 0 amide bonds. The van der Waals surface area contributed by atoms with Gasteiger partial charge < -0.3 is 14.2 Å². The smallest absolute Gasteiger partial charge is 0.303 e. The SMILES string of the molecule is C=C1C=Cc2ccc(OC/C=C(\C)CCC/C(C)=C\CC(=O)C(C)(C)OC(C)=O)cc2O1. The summed E-state index contributed by atoms with van der Waals surface area (Å²) < 4.78 is 16.6. The van der Waals surface area contributed by atoms with E-state index < -0.39 is 11.6 Å². The fourth-order valence-electron chi connectivity index (χ4n) is 3.25. The second-order valence-electron chi connectivity index (χ2n) is 8.60. The molecule has 1 heterocycles. The van der Waals surface area contributed by atoms with E-state index >= 15 is 0 Å². The molecule has 1 aromatic rings. The van der Waals surface area contributed by atoms with Gasteiger partial charge in [0.05, 0.1) is 0 Å². The largest absolute Gasteiger partial charge is 0.489 e. The molecule has 0 aliphatic carbocycles. The van der Waals surface area contributed by atoms with Crippen LogP contribution in [0.25, 0.3) is 6.08 Å². The molecule has 0 aromatic heterocycles. The maximum absolute atomic E-state index is 12.3. The van der Waals surface area contributed by atoms with Gasteiger partial charge in [-0.1, -0.05) is 23.8 Å². The average molecular weight is 439 g/mol. The number of hydrogen-bond donors (Lipinski definition) is 0. The Hall–Kier alpha value is -3.08. The van der Waals surface area contributed by atoms with Crippen LogP contribution in [0, 0.1) is 0 Å². The summed E-state index contributed by atoms with van der Waals surface area (Å²) >= 11 is 0. The van der Waals surface area contributed by atoms with E-state index in [0.29, 0.717) is 12.4 Å². The number of ketones is 1. The van der Waals surface area contributed by atoms with Crippen molar-refractivity contribution < 1.29 is 23.8 Å². The lowest BCUT2D eigenvalue weighted by Gasteiger charge is -2.22. The first-order valence-corrected chi connectivity index (χ1v) is 10.9. The van der Waals surface area contributed by atoms with Crippen LogP contribution in [0.4, 0.5) is 0 Å². The fraction of sp³-hybridized carbons (Fsp3) is 0.407. The number of hydrogen-bond acceptors (Lipinski definition) is 5. The maximum atomic E-state index is 12.3. The van der Waals surface area contributed by atoms with Crippen molar-refractivity contribution in [2.75, 3.05) is 6.61 Å². The van der Waals surface area contributed by atoms with Crippen LogP contribution >= 0.6 is 0 Å². The first kappa shape index (κ1) is 25.2. The van der Waals surface area contributed by atoms with Gasteiger partial charge in [-0.05, 0) is 77.3 Å². The fourth-order valence-corrected chi connectivity index (χ4v) is 3.25. The highest BCUT2D eigenvalue weighted by Gasteiger charge is 2.29. The molecule has 0 fully saturated rings. The van der Waals surface area contributed by atoms with Gasteiger partial charge in [0.2, 0.25) is 0 Å². The third-order valence-corrected chi connectivity index (χ3v) is 5.21. The van der Waals surface area contributed by atoms with Crippen molar-refractivity contribution in [1.29, 1.82) is 0 Å². The Labute approximate surface area is 191 Å². The van der Waals surface area contributed by atoms with Gasteiger partial charge in [-0.15, -0.1) is 0 Å². The number of carbonyl (C=O) groups is 2. The minimum Gasteiger partial charge on any atom is -0.489 e. The zero-order valence-electron chi connectivity index (χ0n) is 19.8. The van der Waals surface area contributed by atoms with Gasteiger partial charge in [-0.2, -0.15) is 0 Å². The molecule has 1 aromatic carbocycles. The van der Waals surface area contributed by atoms with Crippen LogP contribution in [0.3, 0.4) is 0 Å². The van der Waals surface area contributed by atoms with Crippen LogP contribution in [-0.4, -0.2) is 24.0 Å². The van der Waals surface area contributed by atoms with E-state index in [1.165, 1.54) is 12.5 Å². The van der Waals surface area contributed by atoms with Gasteiger partial charge in [0, 0.05) is 25.0 Å². The number of esters is 1. The van der Waals surface area contributed by atoms with Crippen LogP contribution in [0.15, 0.2) is 59.9 Å². The highest BCUT2D eigenvalue weighted by atomic mass is 16.6. The number of benzene rings is 1. The Morgan fingerprint density at radius 3 is 2.44 bits per heavy atom. The summed E-state index contributed by atoms with van der Waals surface area (Å²) in [5.74, 6) is 1.59. The zero-order chi connectivity index (χ0) is 23.7. The van der Waals surface area contributed by atoms with Gasteiger partial charge in [0.1, 0.15) is 23.9 Å². The van der Waals surface area contributed by atoms with Crippen molar-refractivity contribution in [3.05, 3.63) is 65.5 Å². The lowest BCUT2D eigenvalue weighted by Crippen LogP contribution is -2.36. The Morgan fingerprint density at radius 1 is 1.06 bits per heavy atom. The summed E-state index contributed by atoms with van der Waals surface area (Å²) in [6, 6.07) is 5.78. The number of fused-ring (bicyclic) bond motifs is 1. The van der Waals surface area contributed by atoms with Crippen molar-refractivity contribution in [1.82, 2.24) is 0 Å². The highest BCUT2D eigenvalue weighted by molar-refractivity contribution is 5.89. The molecule has 172 valence electrons. The molecule has 1 aliphatic rings. The molecule has 2 rings (SSSR count). The Bertz CT molecular complexity index is 947. The summed E-state index contributed by atoms with van der Waals surface area (Å²) in [7, 11) is 0. The molecule has 0 unspecified atom stereocenters. The van der Waals surface area contributed by atoms with E-state index in [-0.39, 0.29) is 12.2 Å². The first-order chi connectivity index (χ1) is 15.1. The average Bonchev–Trinajstić information content (AvgIpc) is 2.70. The molecule has 0 saturated carbocycles. The molecule has 5 heteroatoms. The molecule has 0 bridgehead atoms. The summed E-state index contributed by atoms with van der Waals surface area (Å²) in [5, 5.41) is 0. The number of rotatable bonds is 11. The lowest BCUT2D eigenvalue weighted by molar-refractivity contribution is -0.161. The Balaban J connectivity index is 1.73. The second kappa shape index (κ2) is 11.5. The third kappa shape index (κ3) is 8.22. The summed E-state index contributed by atoms with van der Waals surface area (Å²) in [5.41, 5.74) is 2.34. The van der Waals surface area contributed by atoms with Crippen molar-refractivity contribution in [2.24, 2.45) is 0 Å². The number of carbonyl (C=O) groups excluding carboxylic acids is 2. The van der Waals surface area contributed by atoms with Crippen molar-refractivity contribution in [3.8, 4) is 11.5 Å². The molecule has 0 atom stereocenters. The monoisotopic (exact) mass is 438 g/mol. The molecule has 32 heavy (non-hydrogen) atoms. The molecule has 1 aliphatic heterocycles. The van der Waals surface area contributed by atoms with E-state index in [0.717, 1.165) is 41.9 Å². The number of Topliss-reactive ketones (excluding diaryl/α,β-unsaturated/α-hetero) is 1. The van der Waals surface area contributed by atoms with Crippen LogP contribution in [0.2, 0.25) is 0 Å². The molecular weight excluding hydrogens is 404 g/mol. The van der Waals surface area contributed by atoms with E-state index in [2.05, 4.69) is 19.6 Å². The van der Waals surface area contributed by atoms with E-state index in [1.807, 2.05) is 43.4 Å². The normalized spacial score (nSPS) is 14.0. The van der Waals surface area contributed by atoms with Crippen LogP contribution in [0.1, 0.15) is 65.9 Å². The molecular formula is C27H34O5. The van der Waals surface area contributed by atoms with Crippen LogP contribution < -0.4 is 9.47 Å². The standard InChI is InChI=1S/C27H34O5/c1-19(10-15-26(29)27(5,6)32-22(4)28)8-7-9-20(2)16-17-30-24-14-13-23-12-11-21(3)31-25(23)18-24/h10-14,16,18H,3,7-9,15,17H2,1-2,4-6H3/b19-10-,20-16+. The number of allylic oxidation sites excluding steroid dienone is 4. The predicted molar refractivity (Wildman–Crippen MR) is 128 cm³/mol.